The molecule has 0 aliphatic carbocycles. The van der Waals surface area contributed by atoms with E-state index in [2.05, 4.69) is 20.7 Å². The van der Waals surface area contributed by atoms with Crippen LogP contribution >= 0.6 is 11.6 Å². The highest BCUT2D eigenvalue weighted by atomic mass is 35.5. The summed E-state index contributed by atoms with van der Waals surface area (Å²) in [5.74, 6) is 5.89. The van der Waals surface area contributed by atoms with Gasteiger partial charge in [-0.3, -0.25) is 10.2 Å². The van der Waals surface area contributed by atoms with Gasteiger partial charge in [-0.15, -0.1) is 0 Å². The van der Waals surface area contributed by atoms with Crippen molar-refractivity contribution in [3.05, 3.63) is 11.2 Å². The molecule has 0 aromatic carbocycles. The van der Waals surface area contributed by atoms with E-state index < -0.39 is 0 Å². The molecule has 0 spiro atoms. The summed E-state index contributed by atoms with van der Waals surface area (Å²) >= 11 is 5.93. The number of likely N-dealkylation sites (tertiary alicyclic amines) is 1. The molecule has 1 aliphatic heterocycles. The summed E-state index contributed by atoms with van der Waals surface area (Å²) in [6.45, 7) is 0.723. The van der Waals surface area contributed by atoms with Crippen LogP contribution in [-0.4, -0.2) is 40.4 Å². The molecule has 2 rings (SSSR count). The van der Waals surface area contributed by atoms with Crippen molar-refractivity contribution in [1.82, 2.24) is 14.9 Å². The maximum Gasteiger partial charge on any atom is 0.244 e. The van der Waals surface area contributed by atoms with Gasteiger partial charge in [0.05, 0.1) is 6.20 Å². The quantitative estimate of drug-likeness (QED) is 0.523. The number of carbonyl (C=O) groups excluding carboxylic acids is 1. The van der Waals surface area contributed by atoms with E-state index in [-0.39, 0.29) is 17.9 Å². The van der Waals surface area contributed by atoms with E-state index in [1.807, 2.05) is 0 Å². The predicted octanol–water partition coefficient (Wildman–Crippen LogP) is 0.0582. The van der Waals surface area contributed by atoms with Crippen LogP contribution in [0.2, 0.25) is 5.02 Å². The second kappa shape index (κ2) is 4.72. The summed E-state index contributed by atoms with van der Waals surface area (Å²) in [6.07, 6.45) is 2.15. The third-order valence-corrected chi connectivity index (χ3v) is 2.89. The summed E-state index contributed by atoms with van der Waals surface area (Å²) in [6, 6.07) is -0.293. The molecule has 1 saturated heterocycles. The molecule has 1 unspecified atom stereocenters. The lowest BCUT2D eigenvalue weighted by Crippen LogP contribution is -2.31. The molecule has 92 valence electrons. The molecule has 2 heterocycles. The fourth-order valence-corrected chi connectivity index (χ4v) is 1.80. The second-order valence-corrected chi connectivity index (χ2v) is 4.19. The number of rotatable bonds is 3. The first-order valence-corrected chi connectivity index (χ1v) is 5.50. The minimum atomic E-state index is -0.293. The van der Waals surface area contributed by atoms with Crippen molar-refractivity contribution in [2.24, 2.45) is 5.84 Å². The lowest BCUT2D eigenvalue weighted by molar-refractivity contribution is -0.127. The van der Waals surface area contributed by atoms with Crippen LogP contribution in [0, 0.1) is 0 Å². The van der Waals surface area contributed by atoms with Gasteiger partial charge >= 0.3 is 0 Å². The Labute approximate surface area is 103 Å². The van der Waals surface area contributed by atoms with Crippen molar-refractivity contribution in [2.45, 2.75) is 12.5 Å². The van der Waals surface area contributed by atoms with E-state index in [1.165, 1.54) is 6.20 Å². The lowest BCUT2D eigenvalue weighted by atomic mass is 10.2. The van der Waals surface area contributed by atoms with Crippen molar-refractivity contribution in [3.8, 4) is 0 Å². The molecule has 7 nitrogen and oxygen atoms in total. The normalized spacial score (nSPS) is 19.6. The molecule has 0 bridgehead atoms. The minimum absolute atomic E-state index is 0.0296. The number of hydrogen-bond donors (Lipinski definition) is 3. The van der Waals surface area contributed by atoms with Crippen molar-refractivity contribution in [3.63, 3.8) is 0 Å². The van der Waals surface area contributed by atoms with Crippen molar-refractivity contribution in [1.29, 1.82) is 0 Å². The van der Waals surface area contributed by atoms with Gasteiger partial charge < -0.3 is 10.2 Å². The molecule has 1 amide bonds. The number of halogens is 1. The van der Waals surface area contributed by atoms with Crippen molar-refractivity contribution in [2.75, 3.05) is 24.3 Å². The van der Waals surface area contributed by atoms with E-state index >= 15 is 0 Å². The molecule has 1 aliphatic rings. The second-order valence-electron chi connectivity index (χ2n) is 3.78. The topological polar surface area (TPSA) is 96.2 Å². The third kappa shape index (κ3) is 2.40. The molecule has 1 aromatic rings. The molecule has 0 radical (unpaired) electrons. The third-order valence-electron chi connectivity index (χ3n) is 2.61. The van der Waals surface area contributed by atoms with E-state index in [0.717, 1.165) is 13.0 Å². The predicted molar refractivity (Wildman–Crippen MR) is 64.5 cm³/mol. The molecule has 1 fully saturated rings. The summed E-state index contributed by atoms with van der Waals surface area (Å²) < 4.78 is 0. The van der Waals surface area contributed by atoms with Gasteiger partial charge in [0, 0.05) is 13.6 Å². The highest BCUT2D eigenvalue weighted by Crippen LogP contribution is 2.22. The molecular formula is C9H13ClN6O. The average molecular weight is 257 g/mol. The molecule has 17 heavy (non-hydrogen) atoms. The zero-order valence-electron chi connectivity index (χ0n) is 9.27. The highest BCUT2D eigenvalue weighted by Gasteiger charge is 2.29. The Morgan fingerprint density at radius 3 is 3.00 bits per heavy atom. The molecule has 1 aromatic heterocycles. The molecule has 8 heteroatoms. The Balaban J connectivity index is 2.15. The van der Waals surface area contributed by atoms with E-state index in [1.54, 1.807) is 11.9 Å². The Morgan fingerprint density at radius 2 is 2.41 bits per heavy atom. The van der Waals surface area contributed by atoms with Crippen LogP contribution in [0.3, 0.4) is 0 Å². The first kappa shape index (κ1) is 11.9. The highest BCUT2D eigenvalue weighted by molar-refractivity contribution is 6.32. The van der Waals surface area contributed by atoms with E-state index in [0.29, 0.717) is 10.8 Å². The number of carbonyl (C=O) groups is 1. The maximum absolute atomic E-state index is 11.7. The first-order chi connectivity index (χ1) is 8.11. The largest absolute Gasteiger partial charge is 0.357 e. The standard InChI is InChI=1S/C9H13ClN6O/c1-16-3-2-6(8(16)17)13-7-5(10)4-12-9(14-7)15-11/h4,6H,2-3,11H2,1H3,(H2,12,13,14,15). The van der Waals surface area contributed by atoms with Crippen LogP contribution < -0.4 is 16.6 Å². The number of hydrazine groups is 1. The van der Waals surface area contributed by atoms with E-state index in [4.69, 9.17) is 17.4 Å². The van der Waals surface area contributed by atoms with Crippen molar-refractivity contribution < 1.29 is 4.79 Å². The Bertz CT molecular complexity index is 439. The van der Waals surface area contributed by atoms with Gasteiger partial charge in [-0.05, 0) is 6.42 Å². The maximum atomic E-state index is 11.7. The van der Waals surface area contributed by atoms with Gasteiger partial charge in [0.2, 0.25) is 11.9 Å². The fraction of sp³-hybridized carbons (Fsp3) is 0.444. The lowest BCUT2D eigenvalue weighted by Gasteiger charge is -2.14. The number of anilines is 2. The van der Waals surface area contributed by atoms with Gasteiger partial charge in [-0.1, -0.05) is 11.6 Å². The Hall–Kier alpha value is -1.60. The monoisotopic (exact) mass is 256 g/mol. The van der Waals surface area contributed by atoms with Gasteiger partial charge in [-0.25, -0.2) is 10.8 Å². The summed E-state index contributed by atoms with van der Waals surface area (Å²) in [4.78, 5) is 21.3. The average Bonchev–Trinajstić information content (AvgIpc) is 2.64. The van der Waals surface area contributed by atoms with Crippen LogP contribution in [0.5, 0.6) is 0 Å². The fourth-order valence-electron chi connectivity index (χ4n) is 1.66. The zero-order valence-corrected chi connectivity index (χ0v) is 10.0. The van der Waals surface area contributed by atoms with Crippen molar-refractivity contribution >= 4 is 29.3 Å². The Kier molecular flexibility index (Phi) is 3.30. The number of nitrogen functional groups attached to an aromatic ring is 1. The van der Waals surface area contributed by atoms with Crippen LogP contribution in [0.15, 0.2) is 6.20 Å². The van der Waals surface area contributed by atoms with E-state index in [9.17, 15) is 4.79 Å². The molecule has 4 N–H and O–H groups in total. The molecule has 1 atom stereocenters. The van der Waals surface area contributed by atoms with Gasteiger partial charge in [-0.2, -0.15) is 4.98 Å². The first-order valence-electron chi connectivity index (χ1n) is 5.12. The SMILES string of the molecule is CN1CCC(Nc2nc(NN)ncc2Cl)C1=O. The smallest absolute Gasteiger partial charge is 0.244 e. The van der Waals surface area contributed by atoms with Crippen LogP contribution in [0.4, 0.5) is 11.8 Å². The van der Waals surface area contributed by atoms with Crippen LogP contribution in [0.1, 0.15) is 6.42 Å². The summed E-state index contributed by atoms with van der Waals surface area (Å²) in [5.41, 5.74) is 2.32. The minimum Gasteiger partial charge on any atom is -0.357 e. The van der Waals surface area contributed by atoms with Crippen LogP contribution in [0.25, 0.3) is 0 Å². The Morgan fingerprint density at radius 1 is 1.65 bits per heavy atom. The number of nitrogens with one attached hydrogen (secondary N) is 2. The number of nitrogens with two attached hydrogens (primary N) is 1. The number of hydrogen-bond acceptors (Lipinski definition) is 6. The molecule has 0 saturated carbocycles. The molecular weight excluding hydrogens is 244 g/mol. The van der Waals surface area contributed by atoms with Gasteiger partial charge in [0.15, 0.2) is 5.82 Å². The zero-order chi connectivity index (χ0) is 12.4. The number of aromatic nitrogens is 2. The number of nitrogens with zero attached hydrogens (tertiary/aromatic N) is 3. The number of likely N-dealkylation sites (N-methyl/N-ethyl adjacent to an activating group) is 1. The number of amides is 1. The van der Waals surface area contributed by atoms with Crippen LogP contribution in [-0.2, 0) is 4.79 Å². The summed E-state index contributed by atoms with van der Waals surface area (Å²) in [5, 5.41) is 3.35. The van der Waals surface area contributed by atoms with Gasteiger partial charge in [0.1, 0.15) is 11.1 Å². The van der Waals surface area contributed by atoms with Gasteiger partial charge in [0.25, 0.3) is 0 Å². The summed E-state index contributed by atoms with van der Waals surface area (Å²) in [7, 11) is 1.76.